The van der Waals surface area contributed by atoms with Gasteiger partial charge in [0.15, 0.2) is 0 Å². The minimum Gasteiger partial charge on any atom is -0.481 e. The third-order valence-electron chi connectivity index (χ3n) is 2.19. The highest BCUT2D eigenvalue weighted by Crippen LogP contribution is 2.24. The fourth-order valence-corrected chi connectivity index (χ4v) is 1.33. The molecule has 0 saturated carbocycles. The van der Waals surface area contributed by atoms with Crippen molar-refractivity contribution >= 4 is 0 Å². The molecule has 2 rings (SSSR count). The van der Waals surface area contributed by atoms with Crippen LogP contribution in [0.4, 0.5) is 0 Å². The van der Waals surface area contributed by atoms with Crippen LogP contribution < -0.4 is 10.1 Å². The predicted octanol–water partition coefficient (Wildman–Crippen LogP) is 1.12. The van der Waals surface area contributed by atoms with Crippen LogP contribution in [0.25, 0.3) is 0 Å². The highest BCUT2D eigenvalue weighted by atomic mass is 16.5. The van der Waals surface area contributed by atoms with Gasteiger partial charge in [-0.2, -0.15) is 0 Å². The summed E-state index contributed by atoms with van der Waals surface area (Å²) in [7, 11) is 1.64. The molecule has 1 aliphatic heterocycles. The van der Waals surface area contributed by atoms with Gasteiger partial charge >= 0.3 is 0 Å². The smallest absolute Gasteiger partial charge is 0.213 e. The molecule has 0 amide bonds. The summed E-state index contributed by atoms with van der Waals surface area (Å²) < 4.78 is 5.03. The first-order chi connectivity index (χ1) is 5.90. The summed E-state index contributed by atoms with van der Waals surface area (Å²) in [6.07, 6.45) is 3.00. The molecular weight excluding hydrogens is 152 g/mol. The molecule has 1 saturated heterocycles. The molecule has 2 heterocycles. The lowest BCUT2D eigenvalue weighted by Crippen LogP contribution is -2.34. The van der Waals surface area contributed by atoms with E-state index in [1.165, 1.54) is 12.0 Å². The number of nitrogens with zero attached hydrogens (tertiary/aromatic N) is 1. The summed E-state index contributed by atoms with van der Waals surface area (Å²) in [5, 5.41) is 3.33. The van der Waals surface area contributed by atoms with Crippen LogP contribution >= 0.6 is 0 Å². The summed E-state index contributed by atoms with van der Waals surface area (Å²) in [4.78, 5) is 4.05. The molecule has 1 aromatic rings. The second-order valence-electron chi connectivity index (χ2n) is 2.93. The molecule has 64 valence electrons. The molecule has 3 heteroatoms. The Balaban J connectivity index is 2.19. The van der Waals surface area contributed by atoms with E-state index in [0.717, 1.165) is 6.54 Å². The largest absolute Gasteiger partial charge is 0.481 e. The van der Waals surface area contributed by atoms with Crippen LogP contribution in [0.1, 0.15) is 18.0 Å². The van der Waals surface area contributed by atoms with Gasteiger partial charge in [0, 0.05) is 18.3 Å². The van der Waals surface area contributed by atoms with Crippen LogP contribution in [-0.4, -0.2) is 18.6 Å². The molecule has 1 N–H and O–H groups in total. The van der Waals surface area contributed by atoms with Gasteiger partial charge in [-0.1, -0.05) is 0 Å². The Bertz CT molecular complexity index is 271. The third-order valence-corrected chi connectivity index (χ3v) is 2.19. The predicted molar refractivity (Wildman–Crippen MR) is 46.1 cm³/mol. The number of ether oxygens (including phenoxy) is 1. The fraction of sp³-hybridized carbons (Fsp3) is 0.444. The Morgan fingerprint density at radius 1 is 1.67 bits per heavy atom. The Morgan fingerprint density at radius 3 is 3.08 bits per heavy atom. The van der Waals surface area contributed by atoms with Gasteiger partial charge in [0.2, 0.25) is 5.88 Å². The summed E-state index contributed by atoms with van der Waals surface area (Å²) in [5.41, 5.74) is 1.27. The Hall–Kier alpha value is -1.09. The van der Waals surface area contributed by atoms with Crippen molar-refractivity contribution in [2.24, 2.45) is 0 Å². The summed E-state index contributed by atoms with van der Waals surface area (Å²) >= 11 is 0. The molecule has 1 atom stereocenters. The van der Waals surface area contributed by atoms with E-state index in [2.05, 4.69) is 10.3 Å². The van der Waals surface area contributed by atoms with Gasteiger partial charge in [0.25, 0.3) is 0 Å². The lowest BCUT2D eigenvalue weighted by molar-refractivity contribution is 0.373. The number of hydrogen-bond donors (Lipinski definition) is 1. The molecule has 0 bridgehead atoms. The number of aromatic nitrogens is 1. The van der Waals surface area contributed by atoms with Crippen molar-refractivity contribution in [2.75, 3.05) is 13.7 Å². The van der Waals surface area contributed by atoms with E-state index in [4.69, 9.17) is 4.74 Å². The highest BCUT2D eigenvalue weighted by Gasteiger charge is 2.18. The van der Waals surface area contributed by atoms with E-state index in [-0.39, 0.29) is 0 Å². The van der Waals surface area contributed by atoms with Crippen LogP contribution in [-0.2, 0) is 0 Å². The summed E-state index contributed by atoms with van der Waals surface area (Å²) in [6.45, 7) is 1.12. The maximum Gasteiger partial charge on any atom is 0.213 e. The molecule has 0 aliphatic carbocycles. The van der Waals surface area contributed by atoms with Crippen molar-refractivity contribution < 1.29 is 4.74 Å². The SMILES string of the molecule is COc1cc(C2CCN2)ccn1. The standard InChI is InChI=1S/C9H12N2O/c1-12-9-6-7(2-4-11-9)8-3-5-10-8/h2,4,6,8,10H,3,5H2,1H3. The topological polar surface area (TPSA) is 34.1 Å². The van der Waals surface area contributed by atoms with Gasteiger partial charge in [0.1, 0.15) is 0 Å². The summed E-state index contributed by atoms with van der Waals surface area (Å²) in [5.74, 6) is 0.696. The first-order valence-electron chi connectivity index (χ1n) is 4.13. The Labute approximate surface area is 71.8 Å². The first-order valence-corrected chi connectivity index (χ1v) is 4.13. The lowest BCUT2D eigenvalue weighted by Gasteiger charge is -2.27. The molecule has 3 nitrogen and oxygen atoms in total. The normalized spacial score (nSPS) is 21.6. The zero-order valence-electron chi connectivity index (χ0n) is 7.08. The minimum absolute atomic E-state index is 0.516. The monoisotopic (exact) mass is 164 g/mol. The zero-order chi connectivity index (χ0) is 8.39. The van der Waals surface area contributed by atoms with Crippen LogP contribution in [0.15, 0.2) is 18.3 Å². The van der Waals surface area contributed by atoms with E-state index < -0.39 is 0 Å². The molecule has 0 spiro atoms. The van der Waals surface area contributed by atoms with E-state index >= 15 is 0 Å². The van der Waals surface area contributed by atoms with Crippen LogP contribution in [0.3, 0.4) is 0 Å². The number of pyridine rings is 1. The highest BCUT2D eigenvalue weighted by molar-refractivity contribution is 5.24. The molecule has 12 heavy (non-hydrogen) atoms. The van der Waals surface area contributed by atoms with Crippen molar-refractivity contribution in [1.82, 2.24) is 10.3 Å². The molecule has 1 fully saturated rings. The van der Waals surface area contributed by atoms with Crippen molar-refractivity contribution in [3.05, 3.63) is 23.9 Å². The lowest BCUT2D eigenvalue weighted by atomic mass is 9.99. The number of hydrogen-bond acceptors (Lipinski definition) is 3. The van der Waals surface area contributed by atoms with Crippen molar-refractivity contribution in [2.45, 2.75) is 12.5 Å². The maximum atomic E-state index is 5.03. The average Bonchev–Trinajstić information content (AvgIpc) is 2.02. The van der Waals surface area contributed by atoms with Gasteiger partial charge < -0.3 is 10.1 Å². The maximum absolute atomic E-state index is 5.03. The second kappa shape index (κ2) is 3.11. The molecule has 0 aromatic carbocycles. The summed E-state index contributed by atoms with van der Waals surface area (Å²) in [6, 6.07) is 4.53. The minimum atomic E-state index is 0.516. The molecule has 0 radical (unpaired) electrons. The number of nitrogens with one attached hydrogen (secondary N) is 1. The van der Waals surface area contributed by atoms with Gasteiger partial charge in [-0.05, 0) is 24.6 Å². The van der Waals surface area contributed by atoms with Crippen molar-refractivity contribution in [1.29, 1.82) is 0 Å². The van der Waals surface area contributed by atoms with Crippen molar-refractivity contribution in [3.63, 3.8) is 0 Å². The van der Waals surface area contributed by atoms with E-state index in [1.807, 2.05) is 12.1 Å². The molecule has 1 aliphatic rings. The fourth-order valence-electron chi connectivity index (χ4n) is 1.33. The average molecular weight is 164 g/mol. The number of methoxy groups -OCH3 is 1. The quantitative estimate of drug-likeness (QED) is 0.711. The number of rotatable bonds is 2. The molecular formula is C9H12N2O. The van der Waals surface area contributed by atoms with Crippen LogP contribution in [0.2, 0.25) is 0 Å². The van der Waals surface area contributed by atoms with Gasteiger partial charge in [0.05, 0.1) is 7.11 Å². The van der Waals surface area contributed by atoms with Crippen LogP contribution in [0.5, 0.6) is 5.88 Å². The zero-order valence-corrected chi connectivity index (χ0v) is 7.08. The van der Waals surface area contributed by atoms with E-state index in [0.29, 0.717) is 11.9 Å². The van der Waals surface area contributed by atoms with E-state index in [9.17, 15) is 0 Å². The van der Waals surface area contributed by atoms with E-state index in [1.54, 1.807) is 13.3 Å². The third kappa shape index (κ3) is 1.28. The molecule has 1 aromatic heterocycles. The molecule has 1 unspecified atom stereocenters. The first kappa shape index (κ1) is 7.55. The van der Waals surface area contributed by atoms with Crippen LogP contribution in [0, 0.1) is 0 Å². The van der Waals surface area contributed by atoms with Gasteiger partial charge in [-0.3, -0.25) is 0 Å². The van der Waals surface area contributed by atoms with Gasteiger partial charge in [-0.15, -0.1) is 0 Å². The Kier molecular flexibility index (Phi) is 1.96. The second-order valence-corrected chi connectivity index (χ2v) is 2.93. The van der Waals surface area contributed by atoms with Gasteiger partial charge in [-0.25, -0.2) is 4.98 Å². The Morgan fingerprint density at radius 2 is 2.50 bits per heavy atom. The van der Waals surface area contributed by atoms with Crippen molar-refractivity contribution in [3.8, 4) is 5.88 Å².